The van der Waals surface area contributed by atoms with Gasteiger partial charge in [-0.2, -0.15) is 0 Å². The minimum absolute atomic E-state index is 0.0520. The Kier molecular flexibility index (Phi) is 4.12. The molecular formula is C14H10N2O6. The molecule has 0 aliphatic carbocycles. The lowest BCUT2D eigenvalue weighted by Crippen LogP contribution is -1.98. The fourth-order valence-corrected chi connectivity index (χ4v) is 1.73. The van der Waals surface area contributed by atoms with Gasteiger partial charge >= 0.3 is 5.69 Å². The molecule has 0 heterocycles. The van der Waals surface area contributed by atoms with Crippen LogP contribution in [0, 0.1) is 20.2 Å². The number of ether oxygens (including phenoxy) is 1. The Bertz CT molecular complexity index is 754. The van der Waals surface area contributed by atoms with Gasteiger partial charge in [0, 0.05) is 23.8 Å². The van der Waals surface area contributed by atoms with Crippen molar-refractivity contribution in [2.75, 3.05) is 0 Å². The van der Waals surface area contributed by atoms with Crippen molar-refractivity contribution < 1.29 is 19.4 Å². The molecule has 0 aromatic heterocycles. The van der Waals surface area contributed by atoms with Crippen molar-refractivity contribution in [1.82, 2.24) is 0 Å². The first-order valence-corrected chi connectivity index (χ1v) is 6.10. The Hall–Kier alpha value is -3.29. The van der Waals surface area contributed by atoms with Crippen LogP contribution < -0.4 is 4.74 Å². The molecule has 112 valence electrons. The van der Waals surface area contributed by atoms with Crippen molar-refractivity contribution in [3.63, 3.8) is 0 Å². The first-order chi connectivity index (χ1) is 10.4. The van der Waals surface area contributed by atoms with Crippen molar-refractivity contribution in [3.8, 4) is 11.5 Å². The van der Waals surface area contributed by atoms with Gasteiger partial charge in [-0.05, 0) is 31.2 Å². The van der Waals surface area contributed by atoms with Gasteiger partial charge < -0.3 is 4.74 Å². The van der Waals surface area contributed by atoms with E-state index < -0.39 is 9.85 Å². The number of Topliss-reactive ketones (excluding diaryl/α,β-unsaturated/α-hetero) is 1. The molecule has 8 nitrogen and oxygen atoms in total. The Morgan fingerprint density at radius 2 is 1.64 bits per heavy atom. The molecule has 0 bridgehead atoms. The van der Waals surface area contributed by atoms with Crippen LogP contribution in [0.4, 0.5) is 11.4 Å². The van der Waals surface area contributed by atoms with Crippen molar-refractivity contribution in [2.45, 2.75) is 6.92 Å². The van der Waals surface area contributed by atoms with E-state index in [1.54, 1.807) is 0 Å². The lowest BCUT2D eigenvalue weighted by molar-refractivity contribution is -0.385. The average Bonchev–Trinajstić information content (AvgIpc) is 2.47. The van der Waals surface area contributed by atoms with E-state index in [2.05, 4.69) is 0 Å². The van der Waals surface area contributed by atoms with Crippen LogP contribution >= 0.6 is 0 Å². The summed E-state index contributed by atoms with van der Waals surface area (Å²) in [6.45, 7) is 1.30. The molecule has 0 saturated heterocycles. The number of carbonyl (C=O) groups is 1. The number of benzene rings is 2. The van der Waals surface area contributed by atoms with Gasteiger partial charge in [-0.3, -0.25) is 25.0 Å². The second-order valence-corrected chi connectivity index (χ2v) is 4.35. The van der Waals surface area contributed by atoms with Crippen molar-refractivity contribution in [1.29, 1.82) is 0 Å². The van der Waals surface area contributed by atoms with Crippen molar-refractivity contribution in [2.24, 2.45) is 0 Å². The quantitative estimate of drug-likeness (QED) is 0.474. The fraction of sp³-hybridized carbons (Fsp3) is 0.0714. The highest BCUT2D eigenvalue weighted by molar-refractivity contribution is 5.95. The van der Waals surface area contributed by atoms with E-state index in [1.165, 1.54) is 43.3 Å². The molecule has 8 heteroatoms. The summed E-state index contributed by atoms with van der Waals surface area (Å²) in [6.07, 6.45) is 0. The van der Waals surface area contributed by atoms with Gasteiger partial charge in [-0.25, -0.2) is 0 Å². The van der Waals surface area contributed by atoms with Gasteiger partial charge in [-0.15, -0.1) is 0 Å². The molecule has 2 aromatic rings. The van der Waals surface area contributed by atoms with Crippen LogP contribution in [0.25, 0.3) is 0 Å². The minimum Gasteiger partial charge on any atom is -0.450 e. The molecule has 0 fully saturated rings. The van der Waals surface area contributed by atoms with Gasteiger partial charge in [0.25, 0.3) is 5.69 Å². The molecule has 0 amide bonds. The zero-order chi connectivity index (χ0) is 16.3. The van der Waals surface area contributed by atoms with Crippen molar-refractivity contribution >= 4 is 17.2 Å². The molecule has 0 saturated carbocycles. The van der Waals surface area contributed by atoms with E-state index >= 15 is 0 Å². The Morgan fingerprint density at radius 3 is 2.14 bits per heavy atom. The van der Waals surface area contributed by atoms with Gasteiger partial charge in [-0.1, -0.05) is 0 Å². The number of rotatable bonds is 5. The third-order valence-corrected chi connectivity index (χ3v) is 2.84. The maximum absolute atomic E-state index is 11.3. The molecule has 0 unspecified atom stereocenters. The molecule has 0 aliphatic rings. The van der Waals surface area contributed by atoms with E-state index in [4.69, 9.17) is 4.74 Å². The molecule has 2 rings (SSSR count). The molecule has 0 aliphatic heterocycles. The zero-order valence-electron chi connectivity index (χ0n) is 11.4. The molecule has 0 atom stereocenters. The molecular weight excluding hydrogens is 292 g/mol. The van der Waals surface area contributed by atoms with E-state index in [-0.39, 0.29) is 34.2 Å². The number of hydrogen-bond donors (Lipinski definition) is 0. The lowest BCUT2D eigenvalue weighted by atomic mass is 10.1. The highest BCUT2D eigenvalue weighted by Crippen LogP contribution is 2.32. The van der Waals surface area contributed by atoms with Crippen LogP contribution in [0.2, 0.25) is 0 Å². The normalized spacial score (nSPS) is 10.0. The summed E-state index contributed by atoms with van der Waals surface area (Å²) in [5.41, 5.74) is -0.275. The number of nitrogens with zero attached hydrogens (tertiary/aromatic N) is 2. The van der Waals surface area contributed by atoms with Crippen LogP contribution in [0.3, 0.4) is 0 Å². The maximum atomic E-state index is 11.3. The van der Waals surface area contributed by atoms with Crippen LogP contribution in [0.15, 0.2) is 42.5 Å². The number of ketones is 1. The summed E-state index contributed by atoms with van der Waals surface area (Å²) in [4.78, 5) is 31.7. The lowest BCUT2D eigenvalue weighted by Gasteiger charge is -2.07. The summed E-state index contributed by atoms with van der Waals surface area (Å²) in [6, 6.07) is 8.98. The molecule has 0 N–H and O–H groups in total. The topological polar surface area (TPSA) is 113 Å². The second-order valence-electron chi connectivity index (χ2n) is 4.35. The predicted molar refractivity (Wildman–Crippen MR) is 76.3 cm³/mol. The number of hydrogen-bond acceptors (Lipinski definition) is 6. The summed E-state index contributed by atoms with van der Waals surface area (Å²) in [5, 5.41) is 21.6. The predicted octanol–water partition coefficient (Wildman–Crippen LogP) is 3.50. The Labute approximate surface area is 124 Å². The van der Waals surface area contributed by atoms with Crippen LogP contribution in [0.5, 0.6) is 11.5 Å². The van der Waals surface area contributed by atoms with Gasteiger partial charge in [0.1, 0.15) is 5.75 Å². The Balaban J connectivity index is 2.34. The second kappa shape index (κ2) is 6.00. The van der Waals surface area contributed by atoms with Gasteiger partial charge in [0.15, 0.2) is 5.78 Å². The highest BCUT2D eigenvalue weighted by atomic mass is 16.6. The number of non-ortho nitro benzene ring substituents is 1. The van der Waals surface area contributed by atoms with Gasteiger partial charge in [0.05, 0.1) is 9.85 Å². The van der Waals surface area contributed by atoms with E-state index in [0.29, 0.717) is 0 Å². The third kappa shape index (κ3) is 3.23. The van der Waals surface area contributed by atoms with Crippen molar-refractivity contribution in [3.05, 3.63) is 68.3 Å². The van der Waals surface area contributed by atoms with Crippen LogP contribution in [-0.2, 0) is 0 Å². The fourth-order valence-electron chi connectivity index (χ4n) is 1.73. The van der Waals surface area contributed by atoms with E-state index in [0.717, 1.165) is 6.07 Å². The largest absolute Gasteiger partial charge is 0.450 e. The SMILES string of the molecule is CC(=O)c1ccc(Oc2ccc([N+](=O)[O-])cc2)c([N+](=O)[O-])c1. The molecule has 0 spiro atoms. The monoisotopic (exact) mass is 302 g/mol. The zero-order valence-corrected chi connectivity index (χ0v) is 11.4. The molecule has 2 aromatic carbocycles. The standard InChI is InChI=1S/C14H10N2O6/c1-9(17)10-2-7-14(13(8-10)16(20)21)22-12-5-3-11(4-6-12)15(18)19/h2-8H,1H3. The number of nitro groups is 2. The van der Waals surface area contributed by atoms with E-state index in [9.17, 15) is 25.0 Å². The average molecular weight is 302 g/mol. The summed E-state index contributed by atoms with van der Waals surface area (Å²) in [5.74, 6) is -0.141. The Morgan fingerprint density at radius 1 is 1.00 bits per heavy atom. The van der Waals surface area contributed by atoms with E-state index in [1.807, 2.05) is 0 Å². The highest BCUT2D eigenvalue weighted by Gasteiger charge is 2.18. The summed E-state index contributed by atoms with van der Waals surface area (Å²) >= 11 is 0. The molecule has 0 radical (unpaired) electrons. The van der Waals surface area contributed by atoms with Gasteiger partial charge in [0.2, 0.25) is 5.75 Å². The first-order valence-electron chi connectivity index (χ1n) is 6.10. The first kappa shape index (κ1) is 15.1. The van der Waals surface area contributed by atoms with Crippen LogP contribution in [0.1, 0.15) is 17.3 Å². The maximum Gasteiger partial charge on any atom is 0.312 e. The molecule has 22 heavy (non-hydrogen) atoms. The number of nitro benzene ring substituents is 2. The smallest absolute Gasteiger partial charge is 0.312 e. The summed E-state index contributed by atoms with van der Waals surface area (Å²) < 4.78 is 5.36. The number of carbonyl (C=O) groups excluding carboxylic acids is 1. The third-order valence-electron chi connectivity index (χ3n) is 2.84. The minimum atomic E-state index is -0.660. The van der Waals surface area contributed by atoms with Crippen LogP contribution in [-0.4, -0.2) is 15.6 Å². The summed E-state index contributed by atoms with van der Waals surface area (Å²) in [7, 11) is 0.